The van der Waals surface area contributed by atoms with Crippen molar-refractivity contribution in [3.05, 3.63) is 88.2 Å². The summed E-state index contributed by atoms with van der Waals surface area (Å²) in [4.78, 5) is 26.4. The molecule has 44 heavy (non-hydrogen) atoms. The largest absolute Gasteiger partial charge is 0.458 e. The number of hydrogen-bond acceptors (Lipinski definition) is 8. The third kappa shape index (κ3) is 10.9. The number of H-pyrrole nitrogens is 1. The lowest BCUT2D eigenvalue weighted by Crippen LogP contribution is -2.52. The number of rotatable bonds is 16. The molecule has 0 saturated heterocycles. The molecule has 13 heteroatoms. The monoisotopic (exact) mass is 629 g/mol. The van der Waals surface area contributed by atoms with E-state index in [1.54, 1.807) is 25.1 Å². The molecule has 0 spiro atoms. The van der Waals surface area contributed by atoms with E-state index >= 15 is 0 Å². The lowest BCUT2D eigenvalue weighted by Gasteiger charge is -2.27. The van der Waals surface area contributed by atoms with Crippen LogP contribution in [-0.2, 0) is 32.3 Å². The van der Waals surface area contributed by atoms with Gasteiger partial charge in [0.15, 0.2) is 9.84 Å². The van der Waals surface area contributed by atoms with Gasteiger partial charge in [-0.25, -0.2) is 22.0 Å². The maximum absolute atomic E-state index is 13.9. The first-order chi connectivity index (χ1) is 20.9. The Balaban J connectivity index is 1.83. The molecule has 1 heterocycles. The average molecular weight is 630 g/mol. The first-order valence-electron chi connectivity index (χ1n) is 14.1. The van der Waals surface area contributed by atoms with E-state index in [0.29, 0.717) is 30.6 Å². The van der Waals surface area contributed by atoms with Crippen molar-refractivity contribution >= 4 is 21.7 Å². The van der Waals surface area contributed by atoms with Crippen LogP contribution >= 0.6 is 0 Å². The number of aromatic amines is 1. The highest BCUT2D eigenvalue weighted by Crippen LogP contribution is 2.14. The number of hydrogen-bond donors (Lipinski definition) is 4. The van der Waals surface area contributed by atoms with E-state index in [0.717, 1.165) is 23.8 Å². The Hall–Kier alpha value is -4.12. The van der Waals surface area contributed by atoms with E-state index in [2.05, 4.69) is 26.8 Å². The maximum atomic E-state index is 13.9. The quantitative estimate of drug-likeness (QED) is 0.139. The second kappa shape index (κ2) is 16.1. The number of ether oxygens (including phenoxy) is 1. The molecule has 3 rings (SSSR count). The Bertz CT molecular complexity index is 1570. The first-order valence-corrected chi connectivity index (χ1v) is 15.9. The van der Waals surface area contributed by atoms with Crippen LogP contribution in [0.4, 0.5) is 8.78 Å². The topological polar surface area (TPSA) is 156 Å². The lowest BCUT2D eigenvalue weighted by atomic mass is 10.0. The van der Waals surface area contributed by atoms with Crippen LogP contribution in [0.3, 0.4) is 0 Å². The van der Waals surface area contributed by atoms with Gasteiger partial charge in [0.1, 0.15) is 29.5 Å². The van der Waals surface area contributed by atoms with Crippen LogP contribution in [0.15, 0.2) is 48.5 Å². The van der Waals surface area contributed by atoms with Gasteiger partial charge >= 0.3 is 5.97 Å². The van der Waals surface area contributed by atoms with E-state index in [1.807, 2.05) is 13.0 Å². The normalized spacial score (nSPS) is 13.5. The molecule has 3 aromatic rings. The number of aromatic nitrogens is 2. The number of carbonyl (C=O) groups is 2. The number of sulfone groups is 1. The summed E-state index contributed by atoms with van der Waals surface area (Å²) in [6.07, 6.45) is 5.31. The van der Waals surface area contributed by atoms with Gasteiger partial charge in [0, 0.05) is 30.8 Å². The van der Waals surface area contributed by atoms with Gasteiger partial charge < -0.3 is 21.1 Å². The minimum Gasteiger partial charge on any atom is -0.458 e. The zero-order valence-electron chi connectivity index (χ0n) is 24.6. The Morgan fingerprint density at radius 2 is 1.86 bits per heavy atom. The number of nitrogens with zero attached hydrogens (tertiary/aromatic N) is 1. The molecule has 0 fully saturated rings. The van der Waals surface area contributed by atoms with Gasteiger partial charge in [0.05, 0.1) is 17.2 Å². The number of unbranched alkanes of at least 4 members (excludes halogenated alkanes) is 1. The number of halogens is 2. The second-order valence-corrected chi connectivity index (χ2v) is 12.7. The van der Waals surface area contributed by atoms with Crippen molar-refractivity contribution < 1.29 is 31.5 Å². The van der Waals surface area contributed by atoms with Gasteiger partial charge in [-0.1, -0.05) is 31.4 Å². The summed E-state index contributed by atoms with van der Waals surface area (Å²) >= 11 is 0. The van der Waals surface area contributed by atoms with Crippen LogP contribution in [0.2, 0.25) is 0 Å². The van der Waals surface area contributed by atoms with Crippen molar-refractivity contribution in [3.63, 3.8) is 0 Å². The molecular formula is C31H37F2N5O5S. The fourth-order valence-corrected chi connectivity index (χ4v) is 6.04. The zero-order chi connectivity index (χ0) is 32.3. The van der Waals surface area contributed by atoms with E-state index in [9.17, 15) is 26.8 Å². The molecule has 236 valence electrons. The van der Waals surface area contributed by atoms with E-state index in [-0.39, 0.29) is 30.0 Å². The highest BCUT2D eigenvalue weighted by molar-refractivity contribution is 7.91. The molecule has 0 unspecified atom stereocenters. The number of aryl methyl sites for hydroxylation is 1. The smallest absolute Gasteiger partial charge is 0.330 e. The molecule has 0 bridgehead atoms. The predicted octanol–water partition coefficient (Wildman–Crippen LogP) is 2.56. The fourth-order valence-electron chi connectivity index (χ4n) is 4.42. The standard InChI is InChI=1S/C31H37F2N5O5S/c1-4-6-10-44(41,42)19-28(36-30(39)27-11-20(3)37-38-27)31(40)43-29(18-35-17-22-9-7-8-21(5-2)12-22)26(34)15-23-13-24(32)16-25(33)14-23/h2,7-9,11-14,16,26,28-29,35H,4,6,10,15,17-19,34H2,1,3H3,(H,36,39)(H,37,38)/t26-,28+,29+/m0/s1. The molecule has 3 atom stereocenters. The first kappa shape index (κ1) is 34.4. The maximum Gasteiger partial charge on any atom is 0.330 e. The Morgan fingerprint density at radius 3 is 2.50 bits per heavy atom. The zero-order valence-corrected chi connectivity index (χ0v) is 25.4. The molecular weight excluding hydrogens is 592 g/mol. The average Bonchev–Trinajstić information content (AvgIpc) is 3.41. The lowest BCUT2D eigenvalue weighted by molar-refractivity contribution is -0.151. The molecule has 1 amide bonds. The summed E-state index contributed by atoms with van der Waals surface area (Å²) < 4.78 is 59.1. The number of terminal acetylenes is 1. The summed E-state index contributed by atoms with van der Waals surface area (Å²) in [6, 6.07) is 9.09. The molecule has 1 aromatic heterocycles. The number of carbonyl (C=O) groups excluding carboxylic acids is 2. The van der Waals surface area contributed by atoms with Crippen molar-refractivity contribution in [1.82, 2.24) is 20.8 Å². The molecule has 0 radical (unpaired) electrons. The number of nitrogens with one attached hydrogen (secondary N) is 3. The third-order valence-corrected chi connectivity index (χ3v) is 8.43. The van der Waals surface area contributed by atoms with E-state index < -0.39 is 57.3 Å². The molecule has 5 N–H and O–H groups in total. The summed E-state index contributed by atoms with van der Waals surface area (Å²) in [6.45, 7) is 3.79. The molecule has 0 saturated carbocycles. The fraction of sp³-hybridized carbons (Fsp3) is 0.387. The SMILES string of the molecule is C#Cc1cccc(CNC[C@@H](OC(=O)[C@@H](CS(=O)(=O)CCCC)NC(=O)c2cc(C)n[nH]2)[C@@H](N)Cc2cc(F)cc(F)c2)c1. The minimum atomic E-state index is -3.77. The Morgan fingerprint density at radius 1 is 1.14 bits per heavy atom. The summed E-state index contributed by atoms with van der Waals surface area (Å²) in [7, 11) is -3.77. The van der Waals surface area contributed by atoms with Crippen LogP contribution in [0.5, 0.6) is 0 Å². The summed E-state index contributed by atoms with van der Waals surface area (Å²) in [5, 5.41) is 12.0. The van der Waals surface area contributed by atoms with Gasteiger partial charge in [0.2, 0.25) is 0 Å². The van der Waals surface area contributed by atoms with Crippen molar-refractivity contribution in [3.8, 4) is 12.3 Å². The number of esters is 1. The van der Waals surface area contributed by atoms with Crippen LogP contribution in [-0.4, -0.2) is 66.7 Å². The second-order valence-electron chi connectivity index (χ2n) is 10.5. The van der Waals surface area contributed by atoms with Crippen LogP contribution in [0.25, 0.3) is 0 Å². The van der Waals surface area contributed by atoms with Gasteiger partial charge in [-0.2, -0.15) is 5.10 Å². The minimum absolute atomic E-state index is 0.00597. The van der Waals surface area contributed by atoms with E-state index in [1.165, 1.54) is 6.07 Å². The molecule has 2 aromatic carbocycles. The van der Waals surface area contributed by atoms with Gasteiger partial charge in [0.25, 0.3) is 5.91 Å². The molecule has 10 nitrogen and oxygen atoms in total. The Kier molecular flexibility index (Phi) is 12.6. The molecule has 0 aliphatic rings. The summed E-state index contributed by atoms with van der Waals surface area (Å²) in [5.74, 6) is -1.69. The highest BCUT2D eigenvalue weighted by atomic mass is 32.2. The number of benzene rings is 2. The van der Waals surface area contributed by atoms with Crippen molar-refractivity contribution in [1.29, 1.82) is 0 Å². The Labute approximate surface area is 256 Å². The van der Waals surface area contributed by atoms with Crippen LogP contribution < -0.4 is 16.4 Å². The molecule has 0 aliphatic carbocycles. The predicted molar refractivity (Wildman–Crippen MR) is 162 cm³/mol. The van der Waals surface area contributed by atoms with Gasteiger partial charge in [-0.15, -0.1) is 6.42 Å². The van der Waals surface area contributed by atoms with Crippen LogP contribution in [0, 0.1) is 30.9 Å². The van der Waals surface area contributed by atoms with E-state index in [4.69, 9.17) is 16.9 Å². The van der Waals surface area contributed by atoms with Crippen molar-refractivity contribution in [2.24, 2.45) is 5.73 Å². The summed E-state index contributed by atoms with van der Waals surface area (Å²) in [5.41, 5.74) is 8.70. The van der Waals surface area contributed by atoms with Gasteiger partial charge in [-0.05, 0) is 61.2 Å². The van der Waals surface area contributed by atoms with Crippen molar-refractivity contribution in [2.45, 2.75) is 57.8 Å². The molecule has 0 aliphatic heterocycles. The number of nitrogens with two attached hydrogens (primary N) is 1. The van der Waals surface area contributed by atoms with Gasteiger partial charge in [-0.3, -0.25) is 9.89 Å². The van der Waals surface area contributed by atoms with Crippen LogP contribution in [0.1, 0.15) is 52.6 Å². The third-order valence-electron chi connectivity index (χ3n) is 6.68. The number of amides is 1. The van der Waals surface area contributed by atoms with Crippen molar-refractivity contribution in [2.75, 3.05) is 18.1 Å². The highest BCUT2D eigenvalue weighted by Gasteiger charge is 2.32.